The average molecular weight is 268 g/mol. The molecule has 0 aliphatic rings. The number of hydrogen-bond acceptors (Lipinski definition) is 4. The number of imidazole rings is 1. The van der Waals surface area contributed by atoms with Gasteiger partial charge in [-0.2, -0.15) is 0 Å². The molecule has 0 saturated heterocycles. The first-order valence-corrected chi connectivity index (χ1v) is 5.97. The minimum atomic E-state index is -0.546. The first-order chi connectivity index (χ1) is 8.67. The van der Waals surface area contributed by atoms with Crippen LogP contribution in [-0.4, -0.2) is 27.2 Å². The SMILES string of the molecule is CC(NC(=O)OC(C)(C)C)c1cn(CC(N)=O)cn1. The molecular weight excluding hydrogens is 248 g/mol. The van der Waals surface area contributed by atoms with Gasteiger partial charge in [-0.05, 0) is 27.7 Å². The van der Waals surface area contributed by atoms with Crippen molar-refractivity contribution in [1.29, 1.82) is 0 Å². The molecule has 0 radical (unpaired) electrons. The van der Waals surface area contributed by atoms with Gasteiger partial charge in [-0.15, -0.1) is 0 Å². The van der Waals surface area contributed by atoms with Crippen molar-refractivity contribution >= 4 is 12.0 Å². The summed E-state index contributed by atoms with van der Waals surface area (Å²) in [6.07, 6.45) is 2.64. The summed E-state index contributed by atoms with van der Waals surface area (Å²) in [5.74, 6) is -0.447. The van der Waals surface area contributed by atoms with Crippen molar-refractivity contribution in [3.05, 3.63) is 18.2 Å². The predicted molar refractivity (Wildman–Crippen MR) is 69.2 cm³/mol. The molecule has 1 atom stereocenters. The van der Waals surface area contributed by atoms with E-state index in [-0.39, 0.29) is 12.6 Å². The van der Waals surface area contributed by atoms with E-state index in [0.29, 0.717) is 5.69 Å². The van der Waals surface area contributed by atoms with Gasteiger partial charge in [0.25, 0.3) is 0 Å². The molecule has 0 bridgehead atoms. The van der Waals surface area contributed by atoms with Crippen LogP contribution in [0, 0.1) is 0 Å². The Morgan fingerprint density at radius 1 is 1.53 bits per heavy atom. The third kappa shape index (κ3) is 5.41. The maximum Gasteiger partial charge on any atom is 0.408 e. The summed E-state index contributed by atoms with van der Waals surface area (Å²) >= 11 is 0. The van der Waals surface area contributed by atoms with Crippen LogP contribution in [0.2, 0.25) is 0 Å². The highest BCUT2D eigenvalue weighted by Crippen LogP contribution is 2.12. The molecule has 1 rings (SSSR count). The van der Waals surface area contributed by atoms with Crippen molar-refractivity contribution < 1.29 is 14.3 Å². The monoisotopic (exact) mass is 268 g/mol. The highest BCUT2D eigenvalue weighted by atomic mass is 16.6. The number of ether oxygens (including phenoxy) is 1. The van der Waals surface area contributed by atoms with E-state index in [1.807, 2.05) is 0 Å². The van der Waals surface area contributed by atoms with Crippen LogP contribution in [-0.2, 0) is 16.1 Å². The Morgan fingerprint density at radius 3 is 2.68 bits per heavy atom. The van der Waals surface area contributed by atoms with Crippen molar-refractivity contribution in [2.45, 2.75) is 45.9 Å². The van der Waals surface area contributed by atoms with E-state index < -0.39 is 17.6 Å². The fourth-order valence-electron chi connectivity index (χ4n) is 1.43. The number of nitrogens with two attached hydrogens (primary N) is 1. The first kappa shape index (κ1) is 15.0. The Labute approximate surface area is 112 Å². The van der Waals surface area contributed by atoms with Crippen molar-refractivity contribution in [2.24, 2.45) is 5.73 Å². The molecule has 0 aliphatic heterocycles. The largest absolute Gasteiger partial charge is 0.444 e. The maximum atomic E-state index is 11.6. The molecular formula is C12H20N4O3. The third-order valence-corrected chi connectivity index (χ3v) is 2.17. The van der Waals surface area contributed by atoms with E-state index in [9.17, 15) is 9.59 Å². The highest BCUT2D eigenvalue weighted by molar-refractivity contribution is 5.73. The minimum Gasteiger partial charge on any atom is -0.444 e. The Balaban J connectivity index is 2.58. The fourth-order valence-corrected chi connectivity index (χ4v) is 1.43. The zero-order valence-corrected chi connectivity index (χ0v) is 11.6. The minimum absolute atomic E-state index is 0.0617. The molecule has 0 aromatic carbocycles. The predicted octanol–water partition coefficient (Wildman–Crippen LogP) is 0.954. The van der Waals surface area contributed by atoms with Crippen molar-refractivity contribution in [3.63, 3.8) is 0 Å². The second kappa shape index (κ2) is 5.73. The molecule has 0 spiro atoms. The lowest BCUT2D eigenvalue weighted by atomic mass is 10.2. The Bertz CT molecular complexity index is 462. The van der Waals surface area contributed by atoms with Gasteiger partial charge in [-0.1, -0.05) is 0 Å². The van der Waals surface area contributed by atoms with Crippen LogP contribution in [0.4, 0.5) is 4.79 Å². The fraction of sp³-hybridized carbons (Fsp3) is 0.583. The van der Waals surface area contributed by atoms with Crippen LogP contribution in [0.5, 0.6) is 0 Å². The number of nitrogens with one attached hydrogen (secondary N) is 1. The summed E-state index contributed by atoms with van der Waals surface area (Å²) in [5.41, 5.74) is 5.17. The van der Waals surface area contributed by atoms with E-state index in [4.69, 9.17) is 10.5 Å². The molecule has 0 saturated carbocycles. The third-order valence-electron chi connectivity index (χ3n) is 2.17. The van der Waals surface area contributed by atoms with Gasteiger partial charge in [-0.25, -0.2) is 9.78 Å². The molecule has 19 heavy (non-hydrogen) atoms. The lowest BCUT2D eigenvalue weighted by molar-refractivity contribution is -0.118. The summed E-state index contributed by atoms with van der Waals surface area (Å²) in [5, 5.41) is 2.67. The standard InChI is InChI=1S/C12H20N4O3/c1-8(15-11(18)19-12(2,3)4)9-5-16(7-14-9)6-10(13)17/h5,7-8H,6H2,1-4H3,(H2,13,17)(H,15,18). The smallest absolute Gasteiger partial charge is 0.408 e. The molecule has 7 heteroatoms. The molecule has 106 valence electrons. The summed E-state index contributed by atoms with van der Waals surface area (Å²) in [6, 6.07) is -0.316. The number of carbonyl (C=O) groups excluding carboxylic acids is 2. The van der Waals surface area contributed by atoms with Crippen LogP contribution >= 0.6 is 0 Å². The van der Waals surface area contributed by atoms with E-state index in [2.05, 4.69) is 10.3 Å². The van der Waals surface area contributed by atoms with Gasteiger partial charge in [-0.3, -0.25) is 4.79 Å². The Morgan fingerprint density at radius 2 is 2.16 bits per heavy atom. The number of amides is 2. The van der Waals surface area contributed by atoms with E-state index in [1.165, 1.54) is 6.33 Å². The zero-order valence-electron chi connectivity index (χ0n) is 11.6. The second-order valence-electron chi connectivity index (χ2n) is 5.31. The quantitative estimate of drug-likeness (QED) is 0.849. The van der Waals surface area contributed by atoms with Gasteiger partial charge < -0.3 is 20.4 Å². The van der Waals surface area contributed by atoms with Gasteiger partial charge in [0.1, 0.15) is 12.1 Å². The van der Waals surface area contributed by atoms with Crippen LogP contribution in [0.3, 0.4) is 0 Å². The topological polar surface area (TPSA) is 99.2 Å². The number of nitrogens with zero attached hydrogens (tertiary/aromatic N) is 2. The van der Waals surface area contributed by atoms with E-state index >= 15 is 0 Å². The first-order valence-electron chi connectivity index (χ1n) is 5.97. The molecule has 2 amide bonds. The average Bonchev–Trinajstić information content (AvgIpc) is 2.61. The molecule has 0 fully saturated rings. The second-order valence-corrected chi connectivity index (χ2v) is 5.31. The van der Waals surface area contributed by atoms with E-state index in [0.717, 1.165) is 0 Å². The van der Waals surface area contributed by atoms with Crippen molar-refractivity contribution in [3.8, 4) is 0 Å². The van der Waals surface area contributed by atoms with Gasteiger partial charge in [0.2, 0.25) is 5.91 Å². The van der Waals surface area contributed by atoms with Crippen molar-refractivity contribution in [1.82, 2.24) is 14.9 Å². The van der Waals surface area contributed by atoms with Gasteiger partial charge in [0, 0.05) is 6.20 Å². The van der Waals surface area contributed by atoms with Crippen LogP contribution in [0.15, 0.2) is 12.5 Å². The summed E-state index contributed by atoms with van der Waals surface area (Å²) in [7, 11) is 0. The zero-order chi connectivity index (χ0) is 14.6. The number of primary amides is 1. The van der Waals surface area contributed by atoms with Crippen molar-refractivity contribution in [2.75, 3.05) is 0 Å². The van der Waals surface area contributed by atoms with Gasteiger partial charge in [0.15, 0.2) is 0 Å². The molecule has 1 heterocycles. The molecule has 1 aromatic rings. The molecule has 0 aliphatic carbocycles. The normalized spacial score (nSPS) is 12.8. The molecule has 1 aromatic heterocycles. The highest BCUT2D eigenvalue weighted by Gasteiger charge is 2.19. The summed E-state index contributed by atoms with van der Waals surface area (Å²) in [4.78, 5) is 26.5. The van der Waals surface area contributed by atoms with Gasteiger partial charge in [0.05, 0.1) is 18.1 Å². The molecule has 7 nitrogen and oxygen atoms in total. The summed E-state index contributed by atoms with van der Waals surface area (Å²) in [6.45, 7) is 7.21. The van der Waals surface area contributed by atoms with Crippen LogP contribution < -0.4 is 11.1 Å². The van der Waals surface area contributed by atoms with Crippen LogP contribution in [0.25, 0.3) is 0 Å². The van der Waals surface area contributed by atoms with E-state index in [1.54, 1.807) is 38.5 Å². The van der Waals surface area contributed by atoms with Gasteiger partial charge >= 0.3 is 6.09 Å². The summed E-state index contributed by atoms with van der Waals surface area (Å²) < 4.78 is 6.70. The number of alkyl carbamates (subject to hydrolysis) is 1. The number of rotatable bonds is 4. The molecule has 1 unspecified atom stereocenters. The van der Waals surface area contributed by atoms with Crippen LogP contribution in [0.1, 0.15) is 39.4 Å². The lowest BCUT2D eigenvalue weighted by Gasteiger charge is -2.21. The Kier molecular flexibility index (Phi) is 4.52. The number of hydrogen-bond donors (Lipinski definition) is 2. The maximum absolute atomic E-state index is 11.6. The number of carbonyl (C=O) groups is 2. The molecule has 3 N–H and O–H groups in total. The lowest BCUT2D eigenvalue weighted by Crippen LogP contribution is -2.34. The Hall–Kier alpha value is -2.05. The number of aromatic nitrogens is 2.